The molecule has 0 saturated carbocycles. The normalized spacial score (nSPS) is 12.4. The van der Waals surface area contributed by atoms with Crippen molar-refractivity contribution in [3.8, 4) is 0 Å². The van der Waals surface area contributed by atoms with Crippen molar-refractivity contribution in [1.29, 1.82) is 0 Å². The van der Waals surface area contributed by atoms with Gasteiger partial charge in [0.15, 0.2) is 0 Å². The fraction of sp³-hybridized carbons (Fsp3) is 1.00. The molecule has 0 spiro atoms. The van der Waals surface area contributed by atoms with Gasteiger partial charge in [0.1, 0.15) is 0 Å². The van der Waals surface area contributed by atoms with Gasteiger partial charge >= 0.3 is 0 Å². The second kappa shape index (κ2) is 37.4. The maximum absolute atomic E-state index is 5.98. The van der Waals surface area contributed by atoms with E-state index in [9.17, 15) is 0 Å². The highest BCUT2D eigenvalue weighted by Crippen LogP contribution is 2.13. The lowest BCUT2D eigenvalue weighted by atomic mass is 10.1. The topological polar surface area (TPSA) is 0 Å². The van der Waals surface area contributed by atoms with Gasteiger partial charge in [-0.05, 0) is 32.6 Å². The number of hydrogen-bond acceptors (Lipinski definition) is 0. The highest BCUT2D eigenvalue weighted by atomic mass is 35.5. The monoisotopic (exact) mass is 528 g/mol. The van der Waals surface area contributed by atoms with E-state index in [1.165, 1.54) is 135 Å². The molecule has 33 heavy (non-hydrogen) atoms. The summed E-state index contributed by atoms with van der Waals surface area (Å²) in [6, 6.07) is 0. The first-order valence-corrected chi connectivity index (χ1v) is 16.2. The summed E-state index contributed by atoms with van der Waals surface area (Å²) in [5.74, 6) is 0.842. The first-order chi connectivity index (χ1) is 16.0. The minimum absolute atomic E-state index is 0.376. The Morgan fingerprint density at radius 1 is 0.455 bits per heavy atom. The molecule has 3 heteroatoms. The third-order valence-corrected chi connectivity index (χ3v) is 7.02. The number of hydrogen-bond donors (Lipinski definition) is 0. The average Bonchev–Trinajstić information content (AvgIpc) is 2.81. The van der Waals surface area contributed by atoms with E-state index < -0.39 is 0 Å². The molecule has 0 bridgehead atoms. The molecule has 0 saturated heterocycles. The lowest BCUT2D eigenvalue weighted by molar-refractivity contribution is 0.586. The summed E-state index contributed by atoms with van der Waals surface area (Å²) < 4.78 is 0. The van der Waals surface area contributed by atoms with Crippen molar-refractivity contribution in [2.75, 3.05) is 5.88 Å². The van der Waals surface area contributed by atoms with E-state index in [2.05, 4.69) is 34.6 Å². The summed E-state index contributed by atoms with van der Waals surface area (Å²) in [5, 5.41) is 0.804. The second-order valence-corrected chi connectivity index (χ2v) is 11.4. The number of rotatable bonds is 22. The highest BCUT2D eigenvalue weighted by Gasteiger charge is 1.99. The van der Waals surface area contributed by atoms with Crippen molar-refractivity contribution in [1.82, 2.24) is 0 Å². The Hall–Kier alpha value is 0.870. The average molecular weight is 530 g/mol. The van der Waals surface area contributed by atoms with Crippen LogP contribution in [0.2, 0.25) is 0 Å². The molecule has 2 unspecified atom stereocenters. The van der Waals surface area contributed by atoms with Crippen molar-refractivity contribution in [2.24, 2.45) is 0 Å². The molecule has 0 amide bonds. The molecule has 0 aliphatic heterocycles. The smallest absolute Gasteiger partial charge is 0.0333 e. The zero-order chi connectivity index (χ0) is 25.4. The second-order valence-electron chi connectivity index (χ2n) is 9.71. The Kier molecular flexibility index (Phi) is 43.5. The molecule has 0 aromatic heterocycles. The van der Waals surface area contributed by atoms with Crippen LogP contribution in [0.15, 0.2) is 0 Å². The summed E-state index contributed by atoms with van der Waals surface area (Å²) >= 11 is 17.4. The molecule has 0 aromatic carbocycles. The quantitative estimate of drug-likeness (QED) is 0.0965. The van der Waals surface area contributed by atoms with Crippen LogP contribution in [0, 0.1) is 0 Å². The van der Waals surface area contributed by atoms with E-state index in [4.69, 9.17) is 34.8 Å². The van der Waals surface area contributed by atoms with Crippen LogP contribution in [0.3, 0.4) is 0 Å². The van der Waals surface area contributed by atoms with E-state index in [1.807, 2.05) is 0 Å². The van der Waals surface area contributed by atoms with Crippen LogP contribution in [0.25, 0.3) is 0 Å². The Morgan fingerprint density at radius 3 is 1.12 bits per heavy atom. The van der Waals surface area contributed by atoms with Crippen molar-refractivity contribution in [2.45, 2.75) is 187 Å². The van der Waals surface area contributed by atoms with Crippen LogP contribution in [0.5, 0.6) is 0 Å². The van der Waals surface area contributed by atoms with Gasteiger partial charge < -0.3 is 0 Å². The van der Waals surface area contributed by atoms with E-state index >= 15 is 0 Å². The van der Waals surface area contributed by atoms with E-state index in [1.54, 1.807) is 0 Å². The van der Waals surface area contributed by atoms with Crippen molar-refractivity contribution < 1.29 is 0 Å². The Balaban J connectivity index is -0.000000409. The van der Waals surface area contributed by atoms with E-state index in [-0.39, 0.29) is 0 Å². The molecule has 0 aromatic rings. The van der Waals surface area contributed by atoms with Crippen LogP contribution in [-0.4, -0.2) is 16.6 Å². The Morgan fingerprint density at radius 2 is 0.788 bits per heavy atom. The predicted octanol–water partition coefficient (Wildman–Crippen LogP) is 13.1. The van der Waals surface area contributed by atoms with Crippen molar-refractivity contribution in [3.05, 3.63) is 0 Å². The van der Waals surface area contributed by atoms with Gasteiger partial charge in [-0.1, -0.05) is 143 Å². The zero-order valence-electron chi connectivity index (χ0n) is 23.6. The number of alkyl halides is 3. The lowest BCUT2D eigenvalue weighted by Crippen LogP contribution is -1.94. The molecule has 0 heterocycles. The molecule has 0 rings (SSSR count). The van der Waals surface area contributed by atoms with Crippen LogP contribution in [0.4, 0.5) is 0 Å². The molecule has 2 atom stereocenters. The largest absolute Gasteiger partial charge is 0.127 e. The van der Waals surface area contributed by atoms with Gasteiger partial charge in [-0.15, -0.1) is 34.8 Å². The van der Waals surface area contributed by atoms with Gasteiger partial charge in [0.2, 0.25) is 0 Å². The van der Waals surface area contributed by atoms with Crippen LogP contribution < -0.4 is 0 Å². The van der Waals surface area contributed by atoms with Crippen molar-refractivity contribution >= 4 is 34.8 Å². The standard InChI is InChI=1S/3C10H21Cl/c1-3-4-5-6-7-8-9-10(2)11;1-3-5-6-7-8-9-10(11)4-2;1-2-3-4-5-6-7-8-9-10-11/h2*10H,3-9H2,1-2H3;2-10H2,1H3. The predicted molar refractivity (Wildman–Crippen MR) is 160 cm³/mol. The zero-order valence-corrected chi connectivity index (χ0v) is 25.8. The summed E-state index contributed by atoms with van der Waals surface area (Å²) in [7, 11) is 0. The van der Waals surface area contributed by atoms with Gasteiger partial charge in [0.25, 0.3) is 0 Å². The molecule has 0 radical (unpaired) electrons. The van der Waals surface area contributed by atoms with E-state index in [0.717, 1.165) is 12.3 Å². The Labute approximate surface area is 226 Å². The van der Waals surface area contributed by atoms with Crippen molar-refractivity contribution in [3.63, 3.8) is 0 Å². The fourth-order valence-corrected chi connectivity index (χ4v) is 4.11. The maximum atomic E-state index is 5.98. The summed E-state index contributed by atoms with van der Waals surface area (Å²) in [6.45, 7) is 11.0. The molecule has 0 fully saturated rings. The first kappa shape index (κ1) is 38.4. The fourth-order valence-electron chi connectivity index (χ4n) is 3.61. The highest BCUT2D eigenvalue weighted by molar-refractivity contribution is 6.20. The lowest BCUT2D eigenvalue weighted by Gasteiger charge is -2.04. The summed E-state index contributed by atoms with van der Waals surface area (Å²) in [5.41, 5.74) is 0. The Bertz CT molecular complexity index is 286. The first-order valence-electron chi connectivity index (χ1n) is 14.8. The minimum atomic E-state index is 0.376. The number of unbranched alkanes of at least 4 members (excludes halogenated alkanes) is 16. The number of halogens is 3. The molecule has 0 nitrogen and oxygen atoms in total. The minimum Gasteiger partial charge on any atom is -0.127 e. The van der Waals surface area contributed by atoms with Crippen LogP contribution in [0.1, 0.15) is 176 Å². The molecular formula is C30H63Cl3. The van der Waals surface area contributed by atoms with E-state index in [0.29, 0.717) is 10.8 Å². The molecule has 0 aliphatic rings. The third kappa shape index (κ3) is 46.8. The third-order valence-electron chi connectivity index (χ3n) is 6.01. The van der Waals surface area contributed by atoms with Gasteiger partial charge in [-0.3, -0.25) is 0 Å². The molecule has 0 aliphatic carbocycles. The maximum Gasteiger partial charge on any atom is 0.0333 e. The van der Waals surface area contributed by atoms with Gasteiger partial charge in [0, 0.05) is 16.6 Å². The van der Waals surface area contributed by atoms with Gasteiger partial charge in [-0.25, -0.2) is 0 Å². The molecule has 0 N–H and O–H groups in total. The van der Waals surface area contributed by atoms with Gasteiger partial charge in [-0.2, -0.15) is 0 Å². The SMILES string of the molecule is CCCCCCCC(Cl)CC.CCCCCCCCC(C)Cl.CCCCCCCCCCCl. The van der Waals surface area contributed by atoms with Crippen LogP contribution in [-0.2, 0) is 0 Å². The molecule has 204 valence electrons. The van der Waals surface area contributed by atoms with Crippen LogP contribution >= 0.6 is 34.8 Å². The summed E-state index contributed by atoms with van der Waals surface area (Å²) in [6.07, 6.45) is 29.5. The van der Waals surface area contributed by atoms with Gasteiger partial charge in [0.05, 0.1) is 0 Å². The summed E-state index contributed by atoms with van der Waals surface area (Å²) in [4.78, 5) is 0. The molecular weight excluding hydrogens is 467 g/mol.